The molecule has 4 rings (SSSR count). The number of halogens is 2. The Morgan fingerprint density at radius 1 is 1.03 bits per heavy atom. The summed E-state index contributed by atoms with van der Waals surface area (Å²) in [5.74, 6) is 0.501. The third-order valence-corrected chi connectivity index (χ3v) is 5.85. The van der Waals surface area contributed by atoms with E-state index in [1.807, 2.05) is 48.5 Å². The van der Waals surface area contributed by atoms with Crippen molar-refractivity contribution in [3.63, 3.8) is 0 Å². The van der Waals surface area contributed by atoms with Crippen molar-refractivity contribution in [3.05, 3.63) is 87.9 Å². The van der Waals surface area contributed by atoms with Gasteiger partial charge >= 0.3 is 0 Å². The molecule has 0 atom stereocenters. The van der Waals surface area contributed by atoms with Crippen LogP contribution in [0.25, 0.3) is 10.2 Å². The van der Waals surface area contributed by atoms with E-state index in [9.17, 15) is 4.79 Å². The smallest absolute Gasteiger partial charge is 0.260 e. The summed E-state index contributed by atoms with van der Waals surface area (Å²) < 4.78 is 6.25. The van der Waals surface area contributed by atoms with Gasteiger partial charge in [0.25, 0.3) is 5.91 Å². The van der Waals surface area contributed by atoms with Gasteiger partial charge in [0.15, 0.2) is 5.13 Å². The van der Waals surface area contributed by atoms with Gasteiger partial charge in [0.05, 0.1) is 23.9 Å². The SMILES string of the molecule is COc1ccc2sc(N(Cc3ccccc3)C(=O)c3cc(Cl)cc(Cl)c3)nc2c1. The van der Waals surface area contributed by atoms with Crippen LogP contribution in [0, 0.1) is 0 Å². The molecule has 4 nitrogen and oxygen atoms in total. The summed E-state index contributed by atoms with van der Waals surface area (Å²) in [5.41, 5.74) is 2.18. The van der Waals surface area contributed by atoms with Crippen molar-refractivity contribution in [2.45, 2.75) is 6.54 Å². The molecule has 4 aromatic rings. The van der Waals surface area contributed by atoms with E-state index < -0.39 is 0 Å². The van der Waals surface area contributed by atoms with Crippen LogP contribution >= 0.6 is 34.5 Å². The number of methoxy groups -OCH3 is 1. The molecular formula is C22H16Cl2N2O2S. The lowest BCUT2D eigenvalue weighted by molar-refractivity contribution is 0.0985. The van der Waals surface area contributed by atoms with E-state index in [-0.39, 0.29) is 5.91 Å². The maximum Gasteiger partial charge on any atom is 0.260 e. The summed E-state index contributed by atoms with van der Waals surface area (Å²) in [7, 11) is 1.61. The summed E-state index contributed by atoms with van der Waals surface area (Å²) in [5, 5.41) is 1.42. The third-order valence-electron chi connectivity index (χ3n) is 4.35. The number of anilines is 1. The van der Waals surface area contributed by atoms with Crippen molar-refractivity contribution in [1.29, 1.82) is 0 Å². The number of hydrogen-bond donors (Lipinski definition) is 0. The molecule has 0 fully saturated rings. The standard InChI is InChI=1S/C22H16Cl2N2O2S/c1-28-18-7-8-20-19(12-18)25-22(29-20)26(13-14-5-3-2-4-6-14)21(27)15-9-16(23)11-17(24)10-15/h2-12H,13H2,1H3. The van der Waals surface area contributed by atoms with Crippen molar-refractivity contribution in [2.24, 2.45) is 0 Å². The summed E-state index contributed by atoms with van der Waals surface area (Å²) in [4.78, 5) is 19.7. The summed E-state index contributed by atoms with van der Waals surface area (Å²) in [6.45, 7) is 0.376. The number of benzene rings is 3. The minimum Gasteiger partial charge on any atom is -0.497 e. The van der Waals surface area contributed by atoms with Crippen molar-refractivity contribution < 1.29 is 9.53 Å². The van der Waals surface area contributed by atoms with Crippen molar-refractivity contribution in [1.82, 2.24) is 4.98 Å². The summed E-state index contributed by atoms with van der Waals surface area (Å²) >= 11 is 13.7. The van der Waals surface area contributed by atoms with Crippen LogP contribution < -0.4 is 9.64 Å². The lowest BCUT2D eigenvalue weighted by Gasteiger charge is -2.20. The number of ether oxygens (including phenoxy) is 1. The van der Waals surface area contributed by atoms with Gasteiger partial charge in [-0.1, -0.05) is 64.9 Å². The topological polar surface area (TPSA) is 42.4 Å². The maximum atomic E-state index is 13.4. The maximum absolute atomic E-state index is 13.4. The molecular weight excluding hydrogens is 427 g/mol. The number of amides is 1. The van der Waals surface area contributed by atoms with E-state index in [2.05, 4.69) is 4.98 Å². The zero-order valence-electron chi connectivity index (χ0n) is 15.4. The lowest BCUT2D eigenvalue weighted by atomic mass is 10.1. The van der Waals surface area contributed by atoms with E-state index >= 15 is 0 Å². The molecule has 0 N–H and O–H groups in total. The van der Waals surface area contributed by atoms with Crippen LogP contribution in [0.5, 0.6) is 5.75 Å². The molecule has 0 bridgehead atoms. The lowest BCUT2D eigenvalue weighted by Crippen LogP contribution is -2.30. The molecule has 0 saturated heterocycles. The second kappa shape index (κ2) is 8.41. The molecule has 7 heteroatoms. The van der Waals surface area contributed by atoms with E-state index in [0.717, 1.165) is 21.5 Å². The van der Waals surface area contributed by atoms with Crippen LogP contribution in [-0.4, -0.2) is 18.0 Å². The van der Waals surface area contributed by atoms with E-state index in [4.69, 9.17) is 27.9 Å². The fourth-order valence-corrected chi connectivity index (χ4v) is 4.43. The summed E-state index contributed by atoms with van der Waals surface area (Å²) in [6, 6.07) is 20.3. The van der Waals surface area contributed by atoms with Gasteiger partial charge in [-0.2, -0.15) is 0 Å². The fraction of sp³-hybridized carbons (Fsp3) is 0.0909. The third kappa shape index (κ3) is 4.37. The monoisotopic (exact) mass is 442 g/mol. The highest BCUT2D eigenvalue weighted by Gasteiger charge is 2.22. The molecule has 1 aromatic heterocycles. The Morgan fingerprint density at radius 3 is 2.45 bits per heavy atom. The number of carbonyl (C=O) groups excluding carboxylic acids is 1. The molecule has 0 aliphatic rings. The quantitative estimate of drug-likeness (QED) is 0.356. The second-order valence-electron chi connectivity index (χ2n) is 6.37. The second-order valence-corrected chi connectivity index (χ2v) is 8.25. The molecule has 29 heavy (non-hydrogen) atoms. The van der Waals surface area contributed by atoms with Crippen LogP contribution in [0.1, 0.15) is 15.9 Å². The minimum atomic E-state index is -0.218. The highest BCUT2D eigenvalue weighted by Crippen LogP contribution is 2.33. The molecule has 0 aliphatic heterocycles. The van der Waals surface area contributed by atoms with Gasteiger partial charge < -0.3 is 4.74 Å². The number of fused-ring (bicyclic) bond motifs is 1. The van der Waals surface area contributed by atoms with Gasteiger partial charge in [-0.15, -0.1) is 0 Å². The van der Waals surface area contributed by atoms with Crippen LogP contribution in [-0.2, 0) is 6.54 Å². The van der Waals surface area contributed by atoms with Crippen LogP contribution in [0.2, 0.25) is 10.0 Å². The molecule has 0 unspecified atom stereocenters. The van der Waals surface area contributed by atoms with Crippen LogP contribution in [0.3, 0.4) is 0 Å². The van der Waals surface area contributed by atoms with Gasteiger partial charge in [0, 0.05) is 21.7 Å². The first-order valence-corrected chi connectivity index (χ1v) is 10.4. The molecule has 1 amide bonds. The van der Waals surface area contributed by atoms with E-state index in [1.165, 1.54) is 11.3 Å². The Bertz CT molecular complexity index is 1160. The molecule has 0 spiro atoms. The minimum absolute atomic E-state index is 0.218. The van der Waals surface area contributed by atoms with Gasteiger partial charge in [0.1, 0.15) is 5.75 Å². The van der Waals surface area contributed by atoms with Crippen molar-refractivity contribution >= 4 is 55.8 Å². The van der Waals surface area contributed by atoms with Gasteiger partial charge in [-0.3, -0.25) is 9.69 Å². The van der Waals surface area contributed by atoms with Crippen LogP contribution in [0.4, 0.5) is 5.13 Å². The van der Waals surface area contributed by atoms with E-state index in [0.29, 0.717) is 27.3 Å². The highest BCUT2D eigenvalue weighted by molar-refractivity contribution is 7.22. The van der Waals surface area contributed by atoms with Crippen LogP contribution in [0.15, 0.2) is 66.7 Å². The molecule has 146 valence electrons. The number of nitrogens with zero attached hydrogens (tertiary/aromatic N) is 2. The Labute approximate surface area is 182 Å². The van der Waals surface area contributed by atoms with Gasteiger partial charge in [-0.05, 0) is 35.9 Å². The Kier molecular flexibility index (Phi) is 5.72. The number of rotatable bonds is 5. The highest BCUT2D eigenvalue weighted by atomic mass is 35.5. The normalized spacial score (nSPS) is 10.9. The van der Waals surface area contributed by atoms with Crippen molar-refractivity contribution in [2.75, 3.05) is 12.0 Å². The number of aromatic nitrogens is 1. The molecule has 3 aromatic carbocycles. The summed E-state index contributed by atoms with van der Waals surface area (Å²) in [6.07, 6.45) is 0. The predicted octanol–water partition coefficient (Wildman–Crippen LogP) is 6.46. The first-order valence-electron chi connectivity index (χ1n) is 8.80. The average Bonchev–Trinajstić information content (AvgIpc) is 3.14. The molecule has 0 aliphatic carbocycles. The zero-order valence-corrected chi connectivity index (χ0v) is 17.8. The van der Waals surface area contributed by atoms with Gasteiger partial charge in [-0.25, -0.2) is 4.98 Å². The first kappa shape index (κ1) is 19.7. The van der Waals surface area contributed by atoms with Crippen molar-refractivity contribution in [3.8, 4) is 5.75 Å². The van der Waals surface area contributed by atoms with Gasteiger partial charge in [0.2, 0.25) is 0 Å². The van der Waals surface area contributed by atoms with E-state index in [1.54, 1.807) is 30.2 Å². The largest absolute Gasteiger partial charge is 0.497 e. The first-order chi connectivity index (χ1) is 14.0. The molecule has 0 radical (unpaired) electrons. The Morgan fingerprint density at radius 2 is 1.76 bits per heavy atom. The molecule has 1 heterocycles. The number of thiazole rings is 1. The average molecular weight is 443 g/mol. The fourth-order valence-electron chi connectivity index (χ4n) is 2.96. The molecule has 0 saturated carbocycles. The Balaban J connectivity index is 1.78. The zero-order chi connectivity index (χ0) is 20.4. The Hall–Kier alpha value is -2.60. The number of carbonyl (C=O) groups is 1. The predicted molar refractivity (Wildman–Crippen MR) is 120 cm³/mol. The number of hydrogen-bond acceptors (Lipinski definition) is 4.